The van der Waals surface area contributed by atoms with Crippen molar-refractivity contribution in [2.45, 2.75) is 27.2 Å². The highest BCUT2D eigenvalue weighted by Crippen LogP contribution is 2.32. The van der Waals surface area contributed by atoms with E-state index in [0.29, 0.717) is 33.3 Å². The summed E-state index contributed by atoms with van der Waals surface area (Å²) >= 11 is 1.45. The van der Waals surface area contributed by atoms with E-state index in [1.807, 2.05) is 26.0 Å². The number of thiophene rings is 1. The first-order chi connectivity index (χ1) is 13.4. The number of aromatic nitrogens is 2. The van der Waals surface area contributed by atoms with Crippen molar-refractivity contribution in [2.75, 3.05) is 6.79 Å². The van der Waals surface area contributed by atoms with Crippen molar-refractivity contribution in [2.24, 2.45) is 5.10 Å². The minimum Gasteiger partial charge on any atom is -0.454 e. The predicted molar refractivity (Wildman–Crippen MR) is 106 cm³/mol. The molecule has 1 aliphatic rings. The average molecular weight is 398 g/mol. The molecule has 0 bridgehead atoms. The van der Waals surface area contributed by atoms with Crippen LogP contribution >= 0.6 is 11.3 Å². The van der Waals surface area contributed by atoms with Crippen LogP contribution in [0.3, 0.4) is 0 Å². The lowest BCUT2D eigenvalue weighted by molar-refractivity contribution is -0.120. The van der Waals surface area contributed by atoms with Gasteiger partial charge in [0.2, 0.25) is 12.7 Å². The van der Waals surface area contributed by atoms with Gasteiger partial charge in [-0.3, -0.25) is 9.59 Å². The van der Waals surface area contributed by atoms with Crippen LogP contribution in [0.1, 0.15) is 28.8 Å². The van der Waals surface area contributed by atoms with Gasteiger partial charge in [0.05, 0.1) is 17.5 Å². The van der Waals surface area contributed by atoms with E-state index >= 15 is 0 Å². The standard InChI is InChI=1S/C19H18N4O4S/c1-9-11(3)28-19-17(9)18(25)20-15(21-19)7-16(24)23-22-10(2)12-4-5-13-14(6-12)27-8-26-13/h4-6H,7-8H2,1-3H3,(H,23,24)(H,20,21,25)/b22-10+. The molecule has 8 nitrogen and oxygen atoms in total. The summed E-state index contributed by atoms with van der Waals surface area (Å²) in [6, 6.07) is 5.45. The van der Waals surface area contributed by atoms with Crippen LogP contribution in [-0.2, 0) is 11.2 Å². The van der Waals surface area contributed by atoms with Gasteiger partial charge < -0.3 is 14.5 Å². The third kappa shape index (κ3) is 3.36. The molecular weight excluding hydrogens is 380 g/mol. The van der Waals surface area contributed by atoms with E-state index in [1.54, 1.807) is 13.0 Å². The molecule has 0 fully saturated rings. The maximum Gasteiger partial charge on any atom is 0.259 e. The number of hydrogen-bond donors (Lipinski definition) is 2. The Hall–Kier alpha value is -3.20. The van der Waals surface area contributed by atoms with E-state index in [4.69, 9.17) is 9.47 Å². The number of carbonyl (C=O) groups excluding carboxylic acids is 1. The average Bonchev–Trinajstić information content (AvgIpc) is 3.23. The Balaban J connectivity index is 1.48. The number of nitrogens with one attached hydrogen (secondary N) is 2. The molecule has 0 radical (unpaired) electrons. The van der Waals surface area contributed by atoms with Gasteiger partial charge in [0.25, 0.3) is 5.56 Å². The molecule has 0 aliphatic carbocycles. The fourth-order valence-electron chi connectivity index (χ4n) is 2.91. The zero-order valence-electron chi connectivity index (χ0n) is 15.6. The largest absolute Gasteiger partial charge is 0.454 e. The smallest absolute Gasteiger partial charge is 0.259 e. The lowest BCUT2D eigenvalue weighted by atomic mass is 10.1. The van der Waals surface area contributed by atoms with E-state index in [0.717, 1.165) is 16.0 Å². The van der Waals surface area contributed by atoms with E-state index < -0.39 is 0 Å². The number of fused-ring (bicyclic) bond motifs is 2. The Morgan fingerprint density at radius 3 is 2.93 bits per heavy atom. The molecule has 3 heterocycles. The van der Waals surface area contributed by atoms with Crippen molar-refractivity contribution in [3.8, 4) is 11.5 Å². The lowest BCUT2D eigenvalue weighted by Crippen LogP contribution is -2.24. The zero-order valence-corrected chi connectivity index (χ0v) is 16.4. The number of nitrogens with zero attached hydrogens (tertiary/aromatic N) is 2. The van der Waals surface area contributed by atoms with E-state index in [1.165, 1.54) is 11.3 Å². The molecule has 0 saturated heterocycles. The first-order valence-electron chi connectivity index (χ1n) is 8.64. The molecule has 2 aromatic heterocycles. The number of hydrogen-bond acceptors (Lipinski definition) is 7. The third-order valence-electron chi connectivity index (χ3n) is 4.55. The maximum atomic E-state index is 12.3. The molecule has 1 amide bonds. The van der Waals surface area contributed by atoms with Crippen LogP contribution in [0.4, 0.5) is 0 Å². The predicted octanol–water partition coefficient (Wildman–Crippen LogP) is 2.41. The van der Waals surface area contributed by atoms with Gasteiger partial charge in [0.1, 0.15) is 10.7 Å². The second-order valence-electron chi connectivity index (χ2n) is 6.45. The van der Waals surface area contributed by atoms with Gasteiger partial charge in [-0.15, -0.1) is 11.3 Å². The Bertz CT molecular complexity index is 1180. The third-order valence-corrected chi connectivity index (χ3v) is 5.66. The first kappa shape index (κ1) is 18.2. The molecule has 0 unspecified atom stereocenters. The van der Waals surface area contributed by atoms with Crippen LogP contribution in [0.25, 0.3) is 10.2 Å². The number of rotatable bonds is 4. The molecule has 1 aliphatic heterocycles. The van der Waals surface area contributed by atoms with E-state index in [9.17, 15) is 9.59 Å². The van der Waals surface area contributed by atoms with Gasteiger partial charge in [-0.2, -0.15) is 5.10 Å². The van der Waals surface area contributed by atoms with Gasteiger partial charge in [-0.1, -0.05) is 0 Å². The Kier molecular flexibility index (Phi) is 4.60. The molecule has 144 valence electrons. The highest BCUT2D eigenvalue weighted by Gasteiger charge is 2.15. The Morgan fingerprint density at radius 1 is 1.32 bits per heavy atom. The van der Waals surface area contributed by atoms with Crippen LogP contribution < -0.4 is 20.5 Å². The van der Waals surface area contributed by atoms with E-state index in [-0.39, 0.29) is 24.7 Å². The number of H-pyrrole nitrogens is 1. The molecule has 2 N–H and O–H groups in total. The number of amides is 1. The minimum atomic E-state index is -0.368. The first-order valence-corrected chi connectivity index (χ1v) is 9.46. The molecule has 1 aromatic carbocycles. The van der Waals surface area contributed by atoms with Crippen LogP contribution in [-0.4, -0.2) is 28.4 Å². The number of aromatic amines is 1. The summed E-state index contributed by atoms with van der Waals surface area (Å²) in [6.07, 6.45) is -0.0703. The summed E-state index contributed by atoms with van der Waals surface area (Å²) in [4.78, 5) is 33.3. The SMILES string of the molecule is C/C(=N\NC(=O)Cc1nc2sc(C)c(C)c2c(=O)[nH]1)c1ccc2c(c1)OCO2. The Morgan fingerprint density at radius 2 is 2.11 bits per heavy atom. The van der Waals surface area contributed by atoms with Crippen LogP contribution in [0.5, 0.6) is 11.5 Å². The summed E-state index contributed by atoms with van der Waals surface area (Å²) in [5.41, 5.74) is 4.62. The Labute approximate surface area is 164 Å². The molecule has 28 heavy (non-hydrogen) atoms. The number of hydrazone groups is 1. The van der Waals surface area contributed by atoms with Crippen molar-refractivity contribution >= 4 is 33.2 Å². The highest BCUT2D eigenvalue weighted by molar-refractivity contribution is 7.18. The fraction of sp³-hybridized carbons (Fsp3) is 0.263. The van der Waals surface area contributed by atoms with Gasteiger partial charge in [-0.05, 0) is 44.5 Å². The highest BCUT2D eigenvalue weighted by atomic mass is 32.1. The monoisotopic (exact) mass is 398 g/mol. The number of aryl methyl sites for hydroxylation is 2. The summed E-state index contributed by atoms with van der Waals surface area (Å²) in [7, 11) is 0. The second kappa shape index (κ2) is 7.08. The topological polar surface area (TPSA) is 106 Å². The van der Waals surface area contributed by atoms with Crippen molar-refractivity contribution in [1.82, 2.24) is 15.4 Å². The molecule has 0 spiro atoms. The van der Waals surface area contributed by atoms with Crippen molar-refractivity contribution in [1.29, 1.82) is 0 Å². The number of carbonyl (C=O) groups is 1. The minimum absolute atomic E-state index is 0.0703. The lowest BCUT2D eigenvalue weighted by Gasteiger charge is -2.04. The molecule has 3 aromatic rings. The van der Waals surface area contributed by atoms with Gasteiger partial charge in [-0.25, -0.2) is 10.4 Å². The number of benzene rings is 1. The quantitative estimate of drug-likeness (QED) is 0.519. The second-order valence-corrected chi connectivity index (χ2v) is 7.66. The summed E-state index contributed by atoms with van der Waals surface area (Å²) in [5.74, 6) is 1.28. The summed E-state index contributed by atoms with van der Waals surface area (Å²) in [6.45, 7) is 5.82. The van der Waals surface area contributed by atoms with Crippen LogP contribution in [0, 0.1) is 13.8 Å². The summed E-state index contributed by atoms with van der Waals surface area (Å²) in [5, 5.41) is 4.71. The molecule has 4 rings (SSSR count). The van der Waals surface area contributed by atoms with Gasteiger partial charge >= 0.3 is 0 Å². The summed E-state index contributed by atoms with van der Waals surface area (Å²) < 4.78 is 10.6. The van der Waals surface area contributed by atoms with Crippen molar-refractivity contribution < 1.29 is 14.3 Å². The van der Waals surface area contributed by atoms with Crippen LogP contribution in [0.2, 0.25) is 0 Å². The molecular formula is C19H18N4O4S. The van der Waals surface area contributed by atoms with Crippen molar-refractivity contribution in [3.63, 3.8) is 0 Å². The zero-order chi connectivity index (χ0) is 19.8. The normalized spacial score (nSPS) is 13.2. The van der Waals surface area contributed by atoms with Crippen molar-refractivity contribution in [3.05, 3.63) is 50.4 Å². The fourth-order valence-corrected chi connectivity index (χ4v) is 3.96. The van der Waals surface area contributed by atoms with E-state index in [2.05, 4.69) is 20.5 Å². The van der Waals surface area contributed by atoms with Gasteiger partial charge in [0, 0.05) is 10.4 Å². The molecule has 0 saturated carbocycles. The number of ether oxygens (including phenoxy) is 2. The maximum absolute atomic E-state index is 12.3. The molecule has 0 atom stereocenters. The van der Waals surface area contributed by atoms with Gasteiger partial charge in [0.15, 0.2) is 11.5 Å². The molecule has 9 heteroatoms. The van der Waals surface area contributed by atoms with Crippen LogP contribution in [0.15, 0.2) is 28.1 Å².